The Morgan fingerprint density at radius 2 is 1.55 bits per heavy atom. The van der Waals surface area contributed by atoms with Crippen molar-refractivity contribution in [3.63, 3.8) is 0 Å². The summed E-state index contributed by atoms with van der Waals surface area (Å²) in [6, 6.07) is 14.2. The molecule has 2 aromatic rings. The van der Waals surface area contributed by atoms with Gasteiger partial charge >= 0.3 is 11.9 Å². The lowest BCUT2D eigenvalue weighted by Gasteiger charge is -2.07. The second-order valence-electron chi connectivity index (χ2n) is 4.07. The Morgan fingerprint density at radius 1 is 0.950 bits per heavy atom. The number of hydrogen-bond acceptors (Lipinski definition) is 4. The van der Waals surface area contributed by atoms with Crippen LogP contribution in [0.25, 0.3) is 0 Å². The number of aliphatic hydroxyl groups excluding tert-OH is 1. The van der Waals surface area contributed by atoms with Crippen molar-refractivity contribution >= 4 is 11.9 Å². The van der Waals surface area contributed by atoms with Crippen LogP contribution in [0.3, 0.4) is 0 Å². The Balaban J connectivity index is 2.08. The molecule has 1 unspecified atom stereocenters. The van der Waals surface area contributed by atoms with Crippen LogP contribution in [0.15, 0.2) is 54.6 Å². The minimum atomic E-state index is -1.59. The summed E-state index contributed by atoms with van der Waals surface area (Å²) >= 11 is 0. The van der Waals surface area contributed by atoms with E-state index < -0.39 is 18.0 Å². The molecular formula is C15H12O5. The van der Waals surface area contributed by atoms with E-state index in [9.17, 15) is 14.7 Å². The molecule has 2 N–H and O–H groups in total. The summed E-state index contributed by atoms with van der Waals surface area (Å²) in [6.45, 7) is 0. The van der Waals surface area contributed by atoms with E-state index in [0.717, 1.165) is 0 Å². The topological polar surface area (TPSA) is 83.8 Å². The van der Waals surface area contributed by atoms with Gasteiger partial charge in [-0.15, -0.1) is 0 Å². The summed E-state index contributed by atoms with van der Waals surface area (Å²) in [5.74, 6) is -1.56. The predicted molar refractivity (Wildman–Crippen MR) is 70.4 cm³/mol. The van der Waals surface area contributed by atoms with Crippen LogP contribution in [0.4, 0.5) is 0 Å². The summed E-state index contributed by atoms with van der Waals surface area (Å²) in [5.41, 5.74) is 0.638. The number of carbonyl (C=O) groups excluding carboxylic acids is 1. The van der Waals surface area contributed by atoms with Crippen molar-refractivity contribution in [2.45, 2.75) is 6.10 Å². The summed E-state index contributed by atoms with van der Waals surface area (Å²) in [5, 5.41) is 18.0. The molecule has 2 rings (SSSR count). The van der Waals surface area contributed by atoms with Crippen LogP contribution in [0.1, 0.15) is 22.0 Å². The van der Waals surface area contributed by atoms with E-state index in [1.807, 2.05) is 0 Å². The average molecular weight is 272 g/mol. The van der Waals surface area contributed by atoms with Crippen LogP contribution in [-0.4, -0.2) is 22.2 Å². The molecule has 0 heterocycles. The zero-order chi connectivity index (χ0) is 14.5. The van der Waals surface area contributed by atoms with Gasteiger partial charge in [0.15, 0.2) is 6.10 Å². The number of esters is 1. The average Bonchev–Trinajstić information content (AvgIpc) is 2.48. The Hall–Kier alpha value is -2.66. The first-order valence-electron chi connectivity index (χ1n) is 5.86. The van der Waals surface area contributed by atoms with E-state index >= 15 is 0 Å². The fourth-order valence-electron chi connectivity index (χ4n) is 1.60. The first-order valence-corrected chi connectivity index (χ1v) is 5.86. The molecule has 0 saturated carbocycles. The summed E-state index contributed by atoms with van der Waals surface area (Å²) < 4.78 is 5.13. The van der Waals surface area contributed by atoms with E-state index in [1.165, 1.54) is 24.3 Å². The summed E-state index contributed by atoms with van der Waals surface area (Å²) in [7, 11) is 0. The van der Waals surface area contributed by atoms with Crippen molar-refractivity contribution in [2.24, 2.45) is 0 Å². The van der Waals surface area contributed by atoms with Gasteiger partial charge in [0.25, 0.3) is 0 Å². The van der Waals surface area contributed by atoms with Gasteiger partial charge < -0.3 is 14.9 Å². The highest BCUT2D eigenvalue weighted by molar-refractivity contribution is 5.90. The minimum absolute atomic E-state index is 0.219. The molecule has 0 aliphatic carbocycles. The highest BCUT2D eigenvalue weighted by Crippen LogP contribution is 2.19. The van der Waals surface area contributed by atoms with Crippen molar-refractivity contribution in [2.75, 3.05) is 0 Å². The van der Waals surface area contributed by atoms with Gasteiger partial charge in [-0.2, -0.15) is 0 Å². The lowest BCUT2D eigenvalue weighted by atomic mass is 10.1. The highest BCUT2D eigenvalue weighted by atomic mass is 16.5. The lowest BCUT2D eigenvalue weighted by Crippen LogP contribution is -2.11. The molecule has 5 nitrogen and oxygen atoms in total. The maximum atomic E-state index is 11.8. The third-order valence-electron chi connectivity index (χ3n) is 2.65. The molecule has 102 valence electrons. The fourth-order valence-corrected chi connectivity index (χ4v) is 1.60. The molecule has 20 heavy (non-hydrogen) atoms. The number of aliphatic carboxylic acids is 1. The minimum Gasteiger partial charge on any atom is -0.479 e. The third kappa shape index (κ3) is 3.21. The number of carboxylic acid groups (broad SMARTS) is 1. The molecule has 0 fully saturated rings. The van der Waals surface area contributed by atoms with Gasteiger partial charge in [-0.3, -0.25) is 0 Å². The summed E-state index contributed by atoms with van der Waals surface area (Å²) in [6.07, 6.45) is -1.59. The normalized spacial score (nSPS) is 11.7. The molecular weight excluding hydrogens is 260 g/mol. The second-order valence-corrected chi connectivity index (χ2v) is 4.07. The Morgan fingerprint density at radius 3 is 2.10 bits per heavy atom. The predicted octanol–water partition coefficient (Wildman–Crippen LogP) is 2.02. The van der Waals surface area contributed by atoms with Crippen LogP contribution in [0, 0.1) is 0 Å². The molecule has 0 spiro atoms. The zero-order valence-corrected chi connectivity index (χ0v) is 10.4. The quantitative estimate of drug-likeness (QED) is 0.657. The van der Waals surface area contributed by atoms with Crippen molar-refractivity contribution in [3.05, 3.63) is 65.7 Å². The van der Waals surface area contributed by atoms with Crippen LogP contribution in [0.2, 0.25) is 0 Å². The molecule has 0 aliphatic heterocycles. The van der Waals surface area contributed by atoms with Crippen LogP contribution in [-0.2, 0) is 4.79 Å². The number of rotatable bonds is 4. The highest BCUT2D eigenvalue weighted by Gasteiger charge is 2.16. The number of benzene rings is 2. The Bertz CT molecular complexity index is 604. The monoisotopic (exact) mass is 272 g/mol. The van der Waals surface area contributed by atoms with Crippen molar-refractivity contribution in [1.82, 2.24) is 0 Å². The van der Waals surface area contributed by atoms with E-state index in [1.54, 1.807) is 30.3 Å². The third-order valence-corrected chi connectivity index (χ3v) is 2.65. The first kappa shape index (κ1) is 13.8. The molecule has 0 saturated heterocycles. The smallest absolute Gasteiger partial charge is 0.343 e. The van der Waals surface area contributed by atoms with Gasteiger partial charge in [0.05, 0.1) is 5.56 Å². The second kappa shape index (κ2) is 5.99. The van der Waals surface area contributed by atoms with E-state index in [-0.39, 0.29) is 11.3 Å². The molecule has 0 aliphatic rings. The van der Waals surface area contributed by atoms with Crippen LogP contribution < -0.4 is 4.74 Å². The van der Waals surface area contributed by atoms with Crippen molar-refractivity contribution < 1.29 is 24.5 Å². The van der Waals surface area contributed by atoms with Crippen LogP contribution >= 0.6 is 0 Å². The lowest BCUT2D eigenvalue weighted by molar-refractivity contribution is -0.146. The molecule has 0 aromatic heterocycles. The first-order chi connectivity index (χ1) is 9.58. The number of ether oxygens (including phenoxy) is 1. The van der Waals surface area contributed by atoms with E-state index in [4.69, 9.17) is 9.84 Å². The van der Waals surface area contributed by atoms with Gasteiger partial charge in [0.1, 0.15) is 5.75 Å². The van der Waals surface area contributed by atoms with Crippen molar-refractivity contribution in [1.29, 1.82) is 0 Å². The molecule has 0 bridgehead atoms. The maximum absolute atomic E-state index is 11.8. The van der Waals surface area contributed by atoms with Gasteiger partial charge in [-0.05, 0) is 29.8 Å². The van der Waals surface area contributed by atoms with Gasteiger partial charge in [-0.1, -0.05) is 30.3 Å². The van der Waals surface area contributed by atoms with Crippen molar-refractivity contribution in [3.8, 4) is 5.75 Å². The van der Waals surface area contributed by atoms with E-state index in [2.05, 4.69) is 0 Å². The maximum Gasteiger partial charge on any atom is 0.343 e. The van der Waals surface area contributed by atoms with Crippen LogP contribution in [0.5, 0.6) is 5.75 Å². The number of hydrogen-bond donors (Lipinski definition) is 2. The SMILES string of the molecule is O=C(Oc1ccc(C(O)C(=O)O)cc1)c1ccccc1. The molecule has 5 heteroatoms. The van der Waals surface area contributed by atoms with Gasteiger partial charge in [0, 0.05) is 0 Å². The Kier molecular flexibility index (Phi) is 4.12. The molecule has 2 aromatic carbocycles. The molecule has 1 atom stereocenters. The Labute approximate surface area is 115 Å². The largest absolute Gasteiger partial charge is 0.479 e. The number of carbonyl (C=O) groups is 2. The fraction of sp³-hybridized carbons (Fsp3) is 0.0667. The van der Waals surface area contributed by atoms with E-state index in [0.29, 0.717) is 5.56 Å². The zero-order valence-electron chi connectivity index (χ0n) is 10.4. The molecule has 0 radical (unpaired) electrons. The summed E-state index contributed by atoms with van der Waals surface area (Å²) in [4.78, 5) is 22.4. The van der Waals surface area contributed by atoms with Gasteiger partial charge in [0.2, 0.25) is 0 Å². The van der Waals surface area contributed by atoms with Gasteiger partial charge in [-0.25, -0.2) is 9.59 Å². The standard InChI is InChI=1S/C15H12O5/c16-13(14(17)18)10-6-8-12(9-7-10)20-15(19)11-4-2-1-3-5-11/h1-9,13,16H,(H,17,18). The molecule has 0 amide bonds. The number of aliphatic hydroxyl groups is 1. The number of carboxylic acids is 1.